The predicted octanol–water partition coefficient (Wildman–Crippen LogP) is 8.87. The number of benzene rings is 3. The van der Waals surface area contributed by atoms with Crippen LogP contribution in [-0.2, 0) is 11.4 Å². The second-order valence-corrected chi connectivity index (χ2v) is 11.3. The normalized spacial score (nSPS) is 17.1. The molecule has 0 spiro atoms. The lowest BCUT2D eigenvalue weighted by Gasteiger charge is -2.30. The molecule has 208 valence electrons. The number of carbonyl (C=O) groups is 1. The quantitative estimate of drug-likeness (QED) is 0.266. The number of aliphatic carboxylic acids is 1. The summed E-state index contributed by atoms with van der Waals surface area (Å²) in [6, 6.07) is 15.2. The minimum atomic E-state index is -0.836. The maximum atomic E-state index is 15.6. The van der Waals surface area contributed by atoms with Crippen molar-refractivity contribution in [3.63, 3.8) is 0 Å². The monoisotopic (exact) mass is 536 g/mol. The van der Waals surface area contributed by atoms with Gasteiger partial charge in [-0.1, -0.05) is 45.7 Å². The molecule has 6 heteroatoms. The number of ether oxygens (including phenoxy) is 2. The summed E-state index contributed by atoms with van der Waals surface area (Å²) in [4.78, 5) is 11.4. The summed E-state index contributed by atoms with van der Waals surface area (Å²) >= 11 is 0. The summed E-state index contributed by atoms with van der Waals surface area (Å²) in [5.74, 6) is -0.609. The molecule has 2 atom stereocenters. The average molecular weight is 537 g/mol. The molecule has 0 radical (unpaired) electrons. The molecule has 0 amide bonds. The SMILES string of the molecule is CCC[C@@H](CC(=O)O)c1cccc(OCc2cc([C@@H]3CCCC3(C)C)c(-c3cc(OC)ccc3F)cc2F)c1. The van der Waals surface area contributed by atoms with Crippen LogP contribution in [0.2, 0.25) is 0 Å². The van der Waals surface area contributed by atoms with E-state index in [4.69, 9.17) is 9.47 Å². The van der Waals surface area contributed by atoms with Crippen molar-refractivity contribution in [2.45, 2.75) is 77.7 Å². The van der Waals surface area contributed by atoms with Crippen molar-refractivity contribution in [2.75, 3.05) is 7.11 Å². The van der Waals surface area contributed by atoms with Gasteiger partial charge in [0.25, 0.3) is 0 Å². The second kappa shape index (κ2) is 12.2. The Kier molecular flexibility index (Phi) is 8.94. The van der Waals surface area contributed by atoms with Gasteiger partial charge in [-0.2, -0.15) is 0 Å². The Morgan fingerprint density at radius 3 is 2.51 bits per heavy atom. The molecule has 0 saturated heterocycles. The van der Waals surface area contributed by atoms with E-state index >= 15 is 8.78 Å². The molecule has 4 rings (SSSR count). The van der Waals surface area contributed by atoms with Gasteiger partial charge < -0.3 is 14.6 Å². The summed E-state index contributed by atoms with van der Waals surface area (Å²) in [7, 11) is 1.53. The molecule has 1 fully saturated rings. The van der Waals surface area contributed by atoms with E-state index < -0.39 is 17.6 Å². The Bertz CT molecular complexity index is 1320. The number of halogens is 2. The minimum absolute atomic E-state index is 0.00713. The third-order valence-electron chi connectivity index (χ3n) is 8.10. The van der Waals surface area contributed by atoms with Gasteiger partial charge in [0.2, 0.25) is 0 Å². The molecule has 1 saturated carbocycles. The fraction of sp³-hybridized carbons (Fsp3) is 0.424. The second-order valence-electron chi connectivity index (χ2n) is 11.3. The van der Waals surface area contributed by atoms with Crippen molar-refractivity contribution < 1.29 is 28.2 Å². The molecule has 0 aliphatic heterocycles. The molecule has 1 aliphatic rings. The molecule has 39 heavy (non-hydrogen) atoms. The van der Waals surface area contributed by atoms with Gasteiger partial charge in [-0.15, -0.1) is 0 Å². The lowest BCUT2D eigenvalue weighted by molar-refractivity contribution is -0.137. The van der Waals surface area contributed by atoms with Gasteiger partial charge >= 0.3 is 5.97 Å². The van der Waals surface area contributed by atoms with Crippen LogP contribution in [0.1, 0.15) is 87.8 Å². The van der Waals surface area contributed by atoms with Crippen LogP contribution in [0, 0.1) is 17.0 Å². The van der Waals surface area contributed by atoms with Crippen molar-refractivity contribution >= 4 is 5.97 Å². The highest BCUT2D eigenvalue weighted by atomic mass is 19.1. The smallest absolute Gasteiger partial charge is 0.303 e. The molecule has 1 aliphatic carbocycles. The van der Waals surface area contributed by atoms with Gasteiger partial charge in [-0.25, -0.2) is 8.78 Å². The third kappa shape index (κ3) is 6.60. The number of carboxylic acid groups (broad SMARTS) is 1. The van der Waals surface area contributed by atoms with E-state index in [-0.39, 0.29) is 30.3 Å². The number of hydrogen-bond donors (Lipinski definition) is 1. The zero-order valence-corrected chi connectivity index (χ0v) is 23.2. The molecule has 4 nitrogen and oxygen atoms in total. The predicted molar refractivity (Wildman–Crippen MR) is 149 cm³/mol. The van der Waals surface area contributed by atoms with E-state index in [9.17, 15) is 9.90 Å². The molecule has 0 aromatic heterocycles. The summed E-state index contributed by atoms with van der Waals surface area (Å²) in [5.41, 5.74) is 3.09. The van der Waals surface area contributed by atoms with Crippen molar-refractivity contribution in [1.29, 1.82) is 0 Å². The van der Waals surface area contributed by atoms with Crippen LogP contribution in [0.25, 0.3) is 11.1 Å². The van der Waals surface area contributed by atoms with Crippen LogP contribution in [0.3, 0.4) is 0 Å². The minimum Gasteiger partial charge on any atom is -0.497 e. The Hall–Kier alpha value is -3.41. The van der Waals surface area contributed by atoms with Crippen molar-refractivity contribution in [3.05, 3.63) is 82.9 Å². The first-order valence-corrected chi connectivity index (χ1v) is 13.7. The third-order valence-corrected chi connectivity index (χ3v) is 8.10. The van der Waals surface area contributed by atoms with Gasteiger partial charge in [0.1, 0.15) is 29.7 Å². The van der Waals surface area contributed by atoms with Gasteiger partial charge in [0, 0.05) is 11.1 Å². The standard InChI is InChI=1S/C33H38F2O4/c1-5-8-21(17-32(36)37)22-9-6-10-25(15-22)39-20-23-16-27(29-11-7-14-33(29,2)3)26(19-31(23)35)28-18-24(38-4)12-13-30(28)34/h6,9-10,12-13,15-16,18-19,21,29H,5,7-8,11,14,17,20H2,1-4H3,(H,36,37)/t21-,29-/m0/s1. The number of rotatable bonds is 11. The summed E-state index contributed by atoms with van der Waals surface area (Å²) < 4.78 is 42.0. The Labute approximate surface area is 230 Å². The van der Waals surface area contributed by atoms with E-state index in [2.05, 4.69) is 13.8 Å². The number of hydrogen-bond acceptors (Lipinski definition) is 3. The van der Waals surface area contributed by atoms with E-state index in [1.54, 1.807) is 18.2 Å². The molecule has 3 aromatic rings. The molecule has 1 N–H and O–H groups in total. The molecular formula is C33H38F2O4. The van der Waals surface area contributed by atoms with Gasteiger partial charge in [-0.05, 0) is 95.7 Å². The van der Waals surface area contributed by atoms with Crippen LogP contribution in [0.4, 0.5) is 8.78 Å². The zero-order chi connectivity index (χ0) is 28.2. The summed E-state index contributed by atoms with van der Waals surface area (Å²) in [6.07, 6.45) is 4.73. The maximum absolute atomic E-state index is 15.6. The van der Waals surface area contributed by atoms with Crippen LogP contribution in [0.5, 0.6) is 11.5 Å². The van der Waals surface area contributed by atoms with Crippen molar-refractivity contribution in [3.8, 4) is 22.6 Å². The zero-order valence-electron chi connectivity index (χ0n) is 23.2. The lowest BCUT2D eigenvalue weighted by Crippen LogP contribution is -2.17. The maximum Gasteiger partial charge on any atom is 0.303 e. The van der Waals surface area contributed by atoms with Crippen LogP contribution in [-0.4, -0.2) is 18.2 Å². The number of carboxylic acids is 1. The van der Waals surface area contributed by atoms with E-state index in [1.165, 1.54) is 19.2 Å². The highest BCUT2D eigenvalue weighted by molar-refractivity contribution is 5.71. The van der Waals surface area contributed by atoms with Crippen molar-refractivity contribution in [2.24, 2.45) is 5.41 Å². The molecule has 0 heterocycles. The van der Waals surface area contributed by atoms with Gasteiger partial charge in [0.05, 0.1) is 13.5 Å². The first-order chi connectivity index (χ1) is 18.6. The van der Waals surface area contributed by atoms with Crippen LogP contribution in [0.15, 0.2) is 54.6 Å². The molecule has 3 aromatic carbocycles. The number of methoxy groups -OCH3 is 1. The summed E-state index contributed by atoms with van der Waals surface area (Å²) in [5, 5.41) is 9.32. The fourth-order valence-corrected chi connectivity index (χ4v) is 5.98. The fourth-order valence-electron chi connectivity index (χ4n) is 5.98. The topological polar surface area (TPSA) is 55.8 Å². The van der Waals surface area contributed by atoms with E-state index in [1.807, 2.05) is 31.2 Å². The average Bonchev–Trinajstić information content (AvgIpc) is 3.26. The first kappa shape index (κ1) is 28.6. The largest absolute Gasteiger partial charge is 0.497 e. The van der Waals surface area contributed by atoms with Crippen LogP contribution < -0.4 is 9.47 Å². The molecule has 0 unspecified atom stereocenters. The Morgan fingerprint density at radius 1 is 1.05 bits per heavy atom. The Morgan fingerprint density at radius 2 is 1.85 bits per heavy atom. The highest BCUT2D eigenvalue weighted by Crippen LogP contribution is 2.51. The van der Waals surface area contributed by atoms with Crippen molar-refractivity contribution in [1.82, 2.24) is 0 Å². The lowest BCUT2D eigenvalue weighted by atomic mass is 9.75. The van der Waals surface area contributed by atoms with E-state index in [0.29, 0.717) is 28.2 Å². The van der Waals surface area contributed by atoms with Crippen LogP contribution >= 0.6 is 0 Å². The van der Waals surface area contributed by atoms with Gasteiger partial charge in [-0.3, -0.25) is 4.79 Å². The molecular weight excluding hydrogens is 498 g/mol. The van der Waals surface area contributed by atoms with E-state index in [0.717, 1.165) is 43.2 Å². The molecule has 0 bridgehead atoms. The first-order valence-electron chi connectivity index (χ1n) is 13.7. The Balaban J connectivity index is 1.68. The van der Waals surface area contributed by atoms with Gasteiger partial charge in [0.15, 0.2) is 0 Å². The highest BCUT2D eigenvalue weighted by Gasteiger charge is 2.37. The summed E-state index contributed by atoms with van der Waals surface area (Å²) in [6.45, 7) is 6.46.